The molecule has 2 aromatic heterocycles. The van der Waals surface area contributed by atoms with E-state index in [2.05, 4.69) is 10.1 Å². The van der Waals surface area contributed by atoms with Crippen LogP contribution in [0, 0.1) is 0 Å². The molecule has 0 saturated heterocycles. The van der Waals surface area contributed by atoms with Crippen molar-refractivity contribution >= 4 is 28.1 Å². The van der Waals surface area contributed by atoms with Gasteiger partial charge in [0.25, 0.3) is 5.56 Å². The smallest absolute Gasteiger partial charge is 0.275 e. The Morgan fingerprint density at radius 3 is 3.27 bits per heavy atom. The third kappa shape index (κ3) is 2.36. The number of hydrogen-bond donors (Lipinski definition) is 1. The lowest BCUT2D eigenvalue weighted by Gasteiger charge is -1.99. The van der Waals surface area contributed by atoms with Crippen molar-refractivity contribution in [3.05, 3.63) is 27.6 Å². The number of aromatic nitrogens is 3. The van der Waals surface area contributed by atoms with Crippen LogP contribution in [-0.2, 0) is 5.75 Å². The highest BCUT2D eigenvalue weighted by Gasteiger charge is 2.03. The fourth-order valence-corrected chi connectivity index (χ4v) is 2.45. The maximum absolute atomic E-state index is 11.5. The lowest BCUT2D eigenvalue weighted by molar-refractivity contribution is 0.888. The summed E-state index contributed by atoms with van der Waals surface area (Å²) < 4.78 is 1.31. The van der Waals surface area contributed by atoms with E-state index in [1.807, 2.05) is 0 Å². The van der Waals surface area contributed by atoms with Crippen LogP contribution in [0.25, 0.3) is 4.96 Å². The van der Waals surface area contributed by atoms with Crippen molar-refractivity contribution < 1.29 is 0 Å². The normalized spacial score (nSPS) is 11.0. The minimum atomic E-state index is -0.121. The Balaban J connectivity index is 2.25. The number of rotatable bonds is 4. The highest BCUT2D eigenvalue weighted by molar-refractivity contribution is 7.98. The van der Waals surface area contributed by atoms with E-state index in [4.69, 9.17) is 5.73 Å². The Morgan fingerprint density at radius 2 is 2.47 bits per heavy atom. The van der Waals surface area contributed by atoms with Gasteiger partial charge in [-0.2, -0.15) is 21.4 Å². The molecule has 5 nitrogen and oxygen atoms in total. The molecular formula is C8H10N4OS2. The number of fused-ring (bicyclic) bond motifs is 1. The van der Waals surface area contributed by atoms with Crippen LogP contribution in [0.2, 0.25) is 0 Å². The average molecular weight is 242 g/mol. The van der Waals surface area contributed by atoms with Gasteiger partial charge in [-0.3, -0.25) is 4.79 Å². The minimum absolute atomic E-state index is 0.121. The number of thioether (sulfide) groups is 1. The van der Waals surface area contributed by atoms with Gasteiger partial charge in [-0.15, -0.1) is 0 Å². The summed E-state index contributed by atoms with van der Waals surface area (Å²) in [5, 5.41) is 3.89. The molecule has 15 heavy (non-hydrogen) atoms. The maximum atomic E-state index is 11.5. The van der Waals surface area contributed by atoms with Crippen LogP contribution >= 0.6 is 23.1 Å². The molecule has 0 unspecified atom stereocenters. The Bertz CT molecular complexity index is 507. The van der Waals surface area contributed by atoms with Crippen LogP contribution < -0.4 is 11.3 Å². The summed E-state index contributed by atoms with van der Waals surface area (Å²) in [5.74, 6) is 1.60. The molecule has 0 aromatic carbocycles. The van der Waals surface area contributed by atoms with Crippen LogP contribution in [-0.4, -0.2) is 26.9 Å². The minimum Gasteiger partial charge on any atom is -0.330 e. The van der Waals surface area contributed by atoms with E-state index in [1.165, 1.54) is 21.9 Å². The first-order chi connectivity index (χ1) is 7.31. The molecule has 0 saturated carbocycles. The zero-order valence-electron chi connectivity index (χ0n) is 7.92. The Kier molecular flexibility index (Phi) is 3.34. The third-order valence-electron chi connectivity index (χ3n) is 1.75. The first-order valence-electron chi connectivity index (χ1n) is 4.41. The molecule has 2 heterocycles. The molecule has 0 amide bonds. The first-order valence-corrected chi connectivity index (χ1v) is 6.45. The summed E-state index contributed by atoms with van der Waals surface area (Å²) in [7, 11) is 0. The van der Waals surface area contributed by atoms with E-state index in [-0.39, 0.29) is 5.56 Å². The lowest BCUT2D eigenvalue weighted by atomic mass is 10.4. The van der Waals surface area contributed by atoms with Gasteiger partial charge in [0.15, 0.2) is 0 Å². The second-order valence-electron chi connectivity index (χ2n) is 2.86. The van der Waals surface area contributed by atoms with Gasteiger partial charge in [0.05, 0.1) is 5.69 Å². The quantitative estimate of drug-likeness (QED) is 0.783. The highest BCUT2D eigenvalue weighted by atomic mass is 32.2. The molecule has 0 radical (unpaired) electrons. The average Bonchev–Trinajstić information content (AvgIpc) is 2.66. The van der Waals surface area contributed by atoms with Gasteiger partial charge in [0.1, 0.15) is 5.51 Å². The van der Waals surface area contributed by atoms with Gasteiger partial charge in [-0.25, -0.2) is 4.98 Å². The van der Waals surface area contributed by atoms with E-state index >= 15 is 0 Å². The Hall–Kier alpha value is -0.920. The van der Waals surface area contributed by atoms with Crippen molar-refractivity contribution in [3.63, 3.8) is 0 Å². The van der Waals surface area contributed by atoms with E-state index in [9.17, 15) is 4.79 Å². The van der Waals surface area contributed by atoms with Gasteiger partial charge in [-0.1, -0.05) is 11.3 Å². The van der Waals surface area contributed by atoms with Crippen molar-refractivity contribution in [2.75, 3.05) is 12.3 Å². The maximum Gasteiger partial charge on any atom is 0.275 e. The molecule has 2 aromatic rings. The van der Waals surface area contributed by atoms with Crippen LogP contribution in [0.15, 0.2) is 16.4 Å². The number of nitrogens with zero attached hydrogens (tertiary/aromatic N) is 3. The van der Waals surface area contributed by atoms with Crippen LogP contribution in [0.3, 0.4) is 0 Å². The Labute approximate surface area is 94.3 Å². The predicted molar refractivity (Wildman–Crippen MR) is 62.4 cm³/mol. The van der Waals surface area contributed by atoms with E-state index in [1.54, 1.807) is 17.3 Å². The topological polar surface area (TPSA) is 73.3 Å². The fraction of sp³-hybridized carbons (Fsp3) is 0.375. The summed E-state index contributed by atoms with van der Waals surface area (Å²) in [6.45, 7) is 0.645. The van der Waals surface area contributed by atoms with E-state index < -0.39 is 0 Å². The Morgan fingerprint density at radius 1 is 1.60 bits per heavy atom. The lowest BCUT2D eigenvalue weighted by Crippen LogP contribution is -2.15. The number of nitrogens with two attached hydrogens (primary N) is 1. The third-order valence-corrected chi connectivity index (χ3v) is 3.45. The standard InChI is InChI=1S/C8H10N4OS2/c9-1-2-14-4-6-3-7(13)12-8(11-6)15-5-10-12/h3,5H,1-2,4,9H2. The van der Waals surface area contributed by atoms with Crippen molar-refractivity contribution in [2.24, 2.45) is 5.73 Å². The molecule has 0 spiro atoms. The molecular weight excluding hydrogens is 232 g/mol. The first kappa shape index (κ1) is 10.6. The number of hydrogen-bond acceptors (Lipinski definition) is 6. The van der Waals surface area contributed by atoms with Crippen LogP contribution in [0.1, 0.15) is 5.69 Å². The van der Waals surface area contributed by atoms with Crippen LogP contribution in [0.4, 0.5) is 0 Å². The summed E-state index contributed by atoms with van der Waals surface area (Å²) in [5.41, 5.74) is 7.67. The van der Waals surface area contributed by atoms with Crippen molar-refractivity contribution in [2.45, 2.75) is 5.75 Å². The summed E-state index contributed by atoms with van der Waals surface area (Å²) in [4.78, 5) is 16.5. The largest absolute Gasteiger partial charge is 0.330 e. The van der Waals surface area contributed by atoms with Crippen molar-refractivity contribution in [1.29, 1.82) is 0 Å². The van der Waals surface area contributed by atoms with Gasteiger partial charge in [0, 0.05) is 24.1 Å². The van der Waals surface area contributed by atoms with Crippen LogP contribution in [0.5, 0.6) is 0 Å². The zero-order chi connectivity index (χ0) is 10.7. The molecule has 2 rings (SSSR count). The molecule has 2 N–H and O–H groups in total. The summed E-state index contributed by atoms with van der Waals surface area (Å²) in [6.07, 6.45) is 0. The van der Waals surface area contributed by atoms with E-state index in [0.717, 1.165) is 17.2 Å². The fourth-order valence-electron chi connectivity index (χ4n) is 1.13. The van der Waals surface area contributed by atoms with Gasteiger partial charge >= 0.3 is 0 Å². The second-order valence-corrected chi connectivity index (χ2v) is 4.78. The summed E-state index contributed by atoms with van der Waals surface area (Å²) in [6, 6.07) is 1.52. The van der Waals surface area contributed by atoms with E-state index in [0.29, 0.717) is 11.5 Å². The van der Waals surface area contributed by atoms with Crippen molar-refractivity contribution in [1.82, 2.24) is 14.6 Å². The van der Waals surface area contributed by atoms with Gasteiger partial charge in [-0.05, 0) is 0 Å². The highest BCUT2D eigenvalue weighted by Crippen LogP contribution is 2.10. The summed E-state index contributed by atoms with van der Waals surface area (Å²) >= 11 is 3.04. The molecule has 0 atom stereocenters. The predicted octanol–water partition coefficient (Wildman–Crippen LogP) is 0.343. The molecule has 0 fully saturated rings. The second kappa shape index (κ2) is 4.73. The monoisotopic (exact) mass is 242 g/mol. The molecule has 7 heteroatoms. The molecule has 0 aliphatic carbocycles. The molecule has 0 aliphatic heterocycles. The SMILES string of the molecule is NCCSCc1cc(=O)n2ncsc2n1. The van der Waals surface area contributed by atoms with Gasteiger partial charge < -0.3 is 5.73 Å². The van der Waals surface area contributed by atoms with Crippen molar-refractivity contribution in [3.8, 4) is 0 Å². The molecule has 80 valence electrons. The zero-order valence-corrected chi connectivity index (χ0v) is 9.55. The van der Waals surface area contributed by atoms with Gasteiger partial charge in [0.2, 0.25) is 4.96 Å². The molecule has 0 aliphatic rings. The molecule has 0 bridgehead atoms.